The maximum atomic E-state index is 4.72. The molecule has 0 aliphatic rings. The molecule has 0 fully saturated rings. The summed E-state index contributed by atoms with van der Waals surface area (Å²) in [7, 11) is 3.95. The van der Waals surface area contributed by atoms with Gasteiger partial charge in [0, 0.05) is 25.7 Å². The van der Waals surface area contributed by atoms with Crippen LogP contribution in [-0.2, 0) is 14.1 Å². The molecule has 1 aromatic carbocycles. The SMILES string of the molecule is CCNC(c1nn(C)c2ccccc12)c1ccnn1C. The maximum absolute atomic E-state index is 4.72. The molecule has 0 saturated carbocycles. The summed E-state index contributed by atoms with van der Waals surface area (Å²) < 4.78 is 3.84. The first-order chi connectivity index (χ1) is 9.72. The summed E-state index contributed by atoms with van der Waals surface area (Å²) in [5.41, 5.74) is 3.32. The smallest absolute Gasteiger partial charge is 0.0946 e. The van der Waals surface area contributed by atoms with E-state index in [1.807, 2.05) is 41.8 Å². The summed E-state index contributed by atoms with van der Waals surface area (Å²) >= 11 is 0. The van der Waals surface area contributed by atoms with Gasteiger partial charge in [0.25, 0.3) is 0 Å². The molecule has 5 nitrogen and oxygen atoms in total. The van der Waals surface area contributed by atoms with E-state index in [0.29, 0.717) is 0 Å². The topological polar surface area (TPSA) is 47.7 Å². The number of benzene rings is 1. The highest BCUT2D eigenvalue weighted by Crippen LogP contribution is 2.27. The van der Waals surface area contributed by atoms with Gasteiger partial charge in [-0.2, -0.15) is 10.2 Å². The van der Waals surface area contributed by atoms with Gasteiger partial charge in [-0.25, -0.2) is 0 Å². The highest BCUT2D eigenvalue weighted by Gasteiger charge is 2.22. The summed E-state index contributed by atoms with van der Waals surface area (Å²) in [6, 6.07) is 10.4. The van der Waals surface area contributed by atoms with E-state index in [1.165, 1.54) is 5.39 Å². The van der Waals surface area contributed by atoms with Crippen molar-refractivity contribution in [1.29, 1.82) is 0 Å². The van der Waals surface area contributed by atoms with Crippen molar-refractivity contribution in [3.05, 3.63) is 47.9 Å². The zero-order valence-electron chi connectivity index (χ0n) is 12.0. The van der Waals surface area contributed by atoms with Crippen molar-refractivity contribution < 1.29 is 0 Å². The molecule has 3 aromatic rings. The van der Waals surface area contributed by atoms with Crippen molar-refractivity contribution in [2.24, 2.45) is 14.1 Å². The van der Waals surface area contributed by atoms with Crippen molar-refractivity contribution in [3.63, 3.8) is 0 Å². The second-order valence-electron chi connectivity index (χ2n) is 4.90. The van der Waals surface area contributed by atoms with Crippen LogP contribution in [-0.4, -0.2) is 26.1 Å². The van der Waals surface area contributed by atoms with Crippen LogP contribution < -0.4 is 5.32 Å². The van der Waals surface area contributed by atoms with Gasteiger partial charge in [0.15, 0.2) is 0 Å². The molecule has 0 radical (unpaired) electrons. The first-order valence-electron chi connectivity index (χ1n) is 6.85. The highest BCUT2D eigenvalue weighted by molar-refractivity contribution is 5.82. The average Bonchev–Trinajstić information content (AvgIpc) is 3.02. The van der Waals surface area contributed by atoms with Gasteiger partial charge in [0.2, 0.25) is 0 Å². The van der Waals surface area contributed by atoms with E-state index in [9.17, 15) is 0 Å². The molecule has 1 unspecified atom stereocenters. The Balaban J connectivity index is 2.18. The lowest BCUT2D eigenvalue weighted by molar-refractivity contribution is 0.556. The summed E-state index contributed by atoms with van der Waals surface area (Å²) in [6.45, 7) is 2.98. The third-order valence-electron chi connectivity index (χ3n) is 3.62. The number of aromatic nitrogens is 4. The number of aryl methyl sites for hydroxylation is 2. The Morgan fingerprint density at radius 3 is 2.65 bits per heavy atom. The molecule has 0 spiro atoms. The van der Waals surface area contributed by atoms with E-state index < -0.39 is 0 Å². The number of nitrogens with one attached hydrogen (secondary N) is 1. The summed E-state index contributed by atoms with van der Waals surface area (Å²) in [6.07, 6.45) is 1.82. The number of rotatable bonds is 4. The maximum Gasteiger partial charge on any atom is 0.0946 e. The number of nitrogens with zero attached hydrogens (tertiary/aromatic N) is 4. The molecule has 2 heterocycles. The molecule has 1 N–H and O–H groups in total. The molecular weight excluding hydrogens is 250 g/mol. The fourth-order valence-electron chi connectivity index (χ4n) is 2.67. The van der Waals surface area contributed by atoms with E-state index in [1.54, 1.807) is 0 Å². The predicted molar refractivity (Wildman–Crippen MR) is 79.4 cm³/mol. The van der Waals surface area contributed by atoms with Crippen molar-refractivity contribution in [3.8, 4) is 0 Å². The summed E-state index contributed by atoms with van der Waals surface area (Å²) in [4.78, 5) is 0. The van der Waals surface area contributed by atoms with Gasteiger partial charge in [-0.3, -0.25) is 9.36 Å². The minimum Gasteiger partial charge on any atom is -0.304 e. The van der Waals surface area contributed by atoms with Crippen LogP contribution in [0.5, 0.6) is 0 Å². The predicted octanol–water partition coefficient (Wildman–Crippen LogP) is 2.01. The lowest BCUT2D eigenvalue weighted by Gasteiger charge is -2.16. The summed E-state index contributed by atoms with van der Waals surface area (Å²) in [5, 5.41) is 13.7. The molecule has 0 aliphatic carbocycles. The Bertz CT molecular complexity index is 725. The van der Waals surface area contributed by atoms with Crippen LogP contribution in [0.2, 0.25) is 0 Å². The van der Waals surface area contributed by atoms with Crippen LogP contribution in [0.25, 0.3) is 10.9 Å². The minimum atomic E-state index is 0.0543. The monoisotopic (exact) mass is 269 g/mol. The van der Waals surface area contributed by atoms with Crippen LogP contribution in [0.1, 0.15) is 24.4 Å². The van der Waals surface area contributed by atoms with Crippen LogP contribution >= 0.6 is 0 Å². The third kappa shape index (κ3) is 2.00. The Kier molecular flexibility index (Phi) is 3.28. The van der Waals surface area contributed by atoms with Crippen molar-refractivity contribution in [2.75, 3.05) is 6.54 Å². The zero-order valence-corrected chi connectivity index (χ0v) is 12.0. The van der Waals surface area contributed by atoms with Crippen LogP contribution in [0.4, 0.5) is 0 Å². The Morgan fingerprint density at radius 2 is 1.95 bits per heavy atom. The minimum absolute atomic E-state index is 0.0543. The van der Waals surface area contributed by atoms with Crippen molar-refractivity contribution >= 4 is 10.9 Å². The average molecular weight is 269 g/mol. The van der Waals surface area contributed by atoms with Crippen LogP contribution in [0, 0.1) is 0 Å². The van der Waals surface area contributed by atoms with Gasteiger partial charge in [0.05, 0.1) is 22.9 Å². The first kappa shape index (κ1) is 12.9. The standard InChI is InChI=1S/C15H19N5/c1-4-16-15(13-9-10-17-19(13)2)14-11-7-5-6-8-12(11)20(3)18-14/h5-10,15-16H,4H2,1-3H3. The number of fused-ring (bicyclic) bond motifs is 1. The molecule has 0 aliphatic heterocycles. The fraction of sp³-hybridized carbons (Fsp3) is 0.333. The van der Waals surface area contributed by atoms with Gasteiger partial charge in [-0.15, -0.1) is 0 Å². The van der Waals surface area contributed by atoms with Crippen molar-refractivity contribution in [2.45, 2.75) is 13.0 Å². The second-order valence-corrected chi connectivity index (χ2v) is 4.90. The molecule has 5 heteroatoms. The quantitative estimate of drug-likeness (QED) is 0.788. The van der Waals surface area contributed by atoms with E-state index in [4.69, 9.17) is 5.10 Å². The molecule has 0 amide bonds. The van der Waals surface area contributed by atoms with E-state index >= 15 is 0 Å². The lowest BCUT2D eigenvalue weighted by Crippen LogP contribution is -2.25. The van der Waals surface area contributed by atoms with Gasteiger partial charge in [-0.1, -0.05) is 25.1 Å². The molecular formula is C15H19N5. The van der Waals surface area contributed by atoms with Crippen LogP contribution in [0.15, 0.2) is 36.5 Å². The Morgan fingerprint density at radius 1 is 1.15 bits per heavy atom. The highest BCUT2D eigenvalue weighted by atomic mass is 15.3. The largest absolute Gasteiger partial charge is 0.304 e. The molecule has 3 rings (SSSR count). The fourth-order valence-corrected chi connectivity index (χ4v) is 2.67. The number of hydrogen-bond acceptors (Lipinski definition) is 3. The van der Waals surface area contributed by atoms with Gasteiger partial charge >= 0.3 is 0 Å². The van der Waals surface area contributed by atoms with Gasteiger partial charge < -0.3 is 5.32 Å². The second kappa shape index (κ2) is 5.09. The molecule has 2 aromatic heterocycles. The van der Waals surface area contributed by atoms with E-state index in [0.717, 1.165) is 23.4 Å². The van der Waals surface area contributed by atoms with Crippen LogP contribution in [0.3, 0.4) is 0 Å². The normalized spacial score (nSPS) is 12.9. The molecule has 20 heavy (non-hydrogen) atoms. The first-order valence-corrected chi connectivity index (χ1v) is 6.85. The molecule has 1 atom stereocenters. The van der Waals surface area contributed by atoms with Gasteiger partial charge in [0.1, 0.15) is 0 Å². The molecule has 104 valence electrons. The Hall–Kier alpha value is -2.14. The van der Waals surface area contributed by atoms with Crippen molar-refractivity contribution in [1.82, 2.24) is 24.9 Å². The third-order valence-corrected chi connectivity index (χ3v) is 3.62. The number of para-hydroxylation sites is 1. The Labute approximate surface area is 118 Å². The summed E-state index contributed by atoms with van der Waals surface area (Å²) in [5.74, 6) is 0. The lowest BCUT2D eigenvalue weighted by atomic mass is 10.1. The number of hydrogen-bond donors (Lipinski definition) is 1. The van der Waals surface area contributed by atoms with E-state index in [-0.39, 0.29) is 6.04 Å². The zero-order chi connectivity index (χ0) is 14.1. The molecule has 0 bridgehead atoms. The van der Waals surface area contributed by atoms with Gasteiger partial charge in [-0.05, 0) is 18.7 Å². The van der Waals surface area contributed by atoms with E-state index in [2.05, 4.69) is 35.5 Å². The molecule has 0 saturated heterocycles.